The van der Waals surface area contributed by atoms with Crippen LogP contribution in [-0.2, 0) is 0 Å². The molecule has 2 unspecified atom stereocenters. The predicted molar refractivity (Wildman–Crippen MR) is 77.5 cm³/mol. The number of fused-ring (bicyclic) bond motifs is 1. The minimum absolute atomic E-state index is 0.487. The molecule has 0 bridgehead atoms. The summed E-state index contributed by atoms with van der Waals surface area (Å²) in [5.41, 5.74) is 1.45. The molecule has 1 heteroatoms. The lowest BCUT2D eigenvalue weighted by Crippen LogP contribution is -2.06. The van der Waals surface area contributed by atoms with E-state index < -0.39 is 0 Å². The highest BCUT2D eigenvalue weighted by atomic mass is 79.9. The zero-order valence-corrected chi connectivity index (χ0v) is 11.7. The van der Waals surface area contributed by atoms with E-state index in [-0.39, 0.29) is 0 Å². The smallest absolute Gasteiger partial charge is 0.0429 e. The van der Waals surface area contributed by atoms with Gasteiger partial charge in [-0.1, -0.05) is 65.3 Å². The van der Waals surface area contributed by atoms with Crippen LogP contribution in [0.5, 0.6) is 0 Å². The molecule has 3 rings (SSSR count). The van der Waals surface area contributed by atoms with Crippen LogP contribution in [0.1, 0.15) is 30.2 Å². The van der Waals surface area contributed by atoms with E-state index in [0.29, 0.717) is 4.83 Å². The van der Waals surface area contributed by atoms with Crippen LogP contribution in [0.15, 0.2) is 42.5 Å². The summed E-state index contributed by atoms with van der Waals surface area (Å²) in [5, 5.41) is 2.74. The Morgan fingerprint density at radius 1 is 1.06 bits per heavy atom. The van der Waals surface area contributed by atoms with E-state index in [2.05, 4.69) is 65.3 Å². The number of rotatable bonds is 3. The largest absolute Gasteiger partial charge is 0.0836 e. The van der Waals surface area contributed by atoms with Gasteiger partial charge in [0.1, 0.15) is 0 Å². The normalized spacial score (nSPS) is 19.2. The van der Waals surface area contributed by atoms with E-state index in [4.69, 9.17) is 0 Å². The molecule has 17 heavy (non-hydrogen) atoms. The van der Waals surface area contributed by atoms with Crippen molar-refractivity contribution >= 4 is 26.7 Å². The summed E-state index contributed by atoms with van der Waals surface area (Å²) >= 11 is 3.91. The second kappa shape index (κ2) is 4.45. The minimum Gasteiger partial charge on any atom is -0.0836 e. The Labute approximate surface area is 111 Å². The summed E-state index contributed by atoms with van der Waals surface area (Å²) < 4.78 is 0. The van der Waals surface area contributed by atoms with Gasteiger partial charge < -0.3 is 0 Å². The fourth-order valence-corrected chi connectivity index (χ4v) is 3.47. The molecular weight excluding hydrogens is 272 g/mol. The summed E-state index contributed by atoms with van der Waals surface area (Å²) in [6, 6.07) is 15.3. The number of hydrogen-bond acceptors (Lipinski definition) is 0. The van der Waals surface area contributed by atoms with Crippen molar-refractivity contribution in [3.8, 4) is 0 Å². The zero-order chi connectivity index (χ0) is 11.8. The Morgan fingerprint density at radius 3 is 2.53 bits per heavy atom. The molecule has 1 aliphatic carbocycles. The first-order valence-corrected chi connectivity index (χ1v) is 7.30. The van der Waals surface area contributed by atoms with Crippen LogP contribution in [0.25, 0.3) is 10.8 Å². The van der Waals surface area contributed by atoms with Crippen LogP contribution >= 0.6 is 15.9 Å². The molecule has 2 atom stereocenters. The topological polar surface area (TPSA) is 0 Å². The van der Waals surface area contributed by atoms with Gasteiger partial charge in [-0.3, -0.25) is 0 Å². The molecule has 2 aromatic rings. The second-order valence-corrected chi connectivity index (χ2v) is 6.15. The summed E-state index contributed by atoms with van der Waals surface area (Å²) in [7, 11) is 0. The Morgan fingerprint density at radius 2 is 1.76 bits per heavy atom. The summed E-state index contributed by atoms with van der Waals surface area (Å²) in [6.45, 7) is 2.37. The molecule has 1 aliphatic rings. The monoisotopic (exact) mass is 288 g/mol. The third-order valence-electron chi connectivity index (χ3n) is 3.95. The van der Waals surface area contributed by atoms with Crippen molar-refractivity contribution < 1.29 is 0 Å². The second-order valence-electron chi connectivity index (χ2n) is 5.17. The maximum absolute atomic E-state index is 3.91. The van der Waals surface area contributed by atoms with E-state index in [1.165, 1.54) is 29.2 Å². The van der Waals surface area contributed by atoms with Crippen molar-refractivity contribution in [3.63, 3.8) is 0 Å². The molecule has 0 aromatic heterocycles. The number of benzene rings is 2. The van der Waals surface area contributed by atoms with E-state index in [9.17, 15) is 0 Å². The fraction of sp³-hybridized carbons (Fsp3) is 0.375. The number of halogens is 1. The Bertz CT molecular complexity index is 523. The molecule has 0 nitrogen and oxygen atoms in total. The van der Waals surface area contributed by atoms with Gasteiger partial charge in [-0.05, 0) is 41.0 Å². The van der Waals surface area contributed by atoms with Gasteiger partial charge >= 0.3 is 0 Å². The van der Waals surface area contributed by atoms with Gasteiger partial charge in [-0.15, -0.1) is 0 Å². The molecule has 0 aliphatic heterocycles. The molecule has 1 saturated carbocycles. The average molecular weight is 289 g/mol. The Balaban J connectivity index is 2.03. The van der Waals surface area contributed by atoms with E-state index >= 15 is 0 Å². The fourth-order valence-electron chi connectivity index (χ4n) is 2.64. The average Bonchev–Trinajstić information content (AvgIpc) is 3.20. The highest BCUT2D eigenvalue weighted by molar-refractivity contribution is 9.09. The maximum Gasteiger partial charge on any atom is 0.0429 e. The molecular formula is C16H17Br. The van der Waals surface area contributed by atoms with Crippen molar-refractivity contribution in [3.05, 3.63) is 48.0 Å². The summed E-state index contributed by atoms with van der Waals surface area (Å²) in [6.07, 6.45) is 2.82. The Hall–Kier alpha value is -0.820. The number of hydrogen-bond donors (Lipinski definition) is 0. The molecule has 0 N–H and O–H groups in total. The van der Waals surface area contributed by atoms with Gasteiger partial charge in [0.15, 0.2) is 0 Å². The van der Waals surface area contributed by atoms with Crippen molar-refractivity contribution in [2.45, 2.75) is 24.6 Å². The van der Waals surface area contributed by atoms with Gasteiger partial charge in [0.25, 0.3) is 0 Å². The molecule has 0 radical (unpaired) electrons. The lowest BCUT2D eigenvalue weighted by molar-refractivity contribution is 0.504. The molecule has 88 valence electrons. The zero-order valence-electron chi connectivity index (χ0n) is 10.1. The van der Waals surface area contributed by atoms with Gasteiger partial charge in [-0.25, -0.2) is 0 Å². The van der Waals surface area contributed by atoms with Gasteiger partial charge in [0.2, 0.25) is 0 Å². The van der Waals surface area contributed by atoms with Crippen molar-refractivity contribution in [1.29, 1.82) is 0 Å². The molecule has 0 heterocycles. The van der Waals surface area contributed by atoms with Gasteiger partial charge in [0, 0.05) is 4.83 Å². The molecule has 0 amide bonds. The van der Waals surface area contributed by atoms with Crippen LogP contribution < -0.4 is 0 Å². The number of alkyl halides is 1. The van der Waals surface area contributed by atoms with E-state index in [1.807, 2.05) is 0 Å². The maximum atomic E-state index is 3.91. The standard InChI is InChI=1S/C16H17Br/c1-11(12-9-10-12)16(17)15-8-4-6-13-5-2-3-7-14(13)15/h2-8,11-12,16H,9-10H2,1H3. The van der Waals surface area contributed by atoms with Gasteiger partial charge in [-0.2, -0.15) is 0 Å². The van der Waals surface area contributed by atoms with Crippen LogP contribution in [0, 0.1) is 11.8 Å². The van der Waals surface area contributed by atoms with E-state index in [1.54, 1.807) is 0 Å². The third-order valence-corrected chi connectivity index (χ3v) is 5.27. The molecule has 1 fully saturated rings. The van der Waals surface area contributed by atoms with Gasteiger partial charge in [0.05, 0.1) is 0 Å². The first-order valence-electron chi connectivity index (χ1n) is 6.39. The van der Waals surface area contributed by atoms with Crippen LogP contribution in [0.4, 0.5) is 0 Å². The first kappa shape index (κ1) is 11.3. The highest BCUT2D eigenvalue weighted by Gasteiger charge is 2.33. The lowest BCUT2D eigenvalue weighted by atomic mass is 9.93. The summed E-state index contributed by atoms with van der Waals surface area (Å²) in [4.78, 5) is 0.487. The van der Waals surface area contributed by atoms with Crippen molar-refractivity contribution in [2.75, 3.05) is 0 Å². The van der Waals surface area contributed by atoms with Crippen LogP contribution in [0.2, 0.25) is 0 Å². The first-order chi connectivity index (χ1) is 8.27. The predicted octanol–water partition coefficient (Wildman–Crippen LogP) is 5.32. The van der Waals surface area contributed by atoms with Crippen LogP contribution in [0.3, 0.4) is 0 Å². The van der Waals surface area contributed by atoms with Crippen LogP contribution in [-0.4, -0.2) is 0 Å². The highest BCUT2D eigenvalue weighted by Crippen LogP contribution is 2.47. The lowest BCUT2D eigenvalue weighted by Gasteiger charge is -2.20. The molecule has 0 saturated heterocycles. The third kappa shape index (κ3) is 2.13. The Kier molecular flexibility index (Phi) is 2.96. The van der Waals surface area contributed by atoms with Crippen molar-refractivity contribution in [1.82, 2.24) is 0 Å². The molecule has 2 aromatic carbocycles. The summed E-state index contributed by atoms with van der Waals surface area (Å²) in [5.74, 6) is 1.67. The SMILES string of the molecule is CC(C1CC1)C(Br)c1cccc2ccccc12. The minimum atomic E-state index is 0.487. The van der Waals surface area contributed by atoms with Crippen molar-refractivity contribution in [2.24, 2.45) is 11.8 Å². The molecule has 0 spiro atoms. The van der Waals surface area contributed by atoms with E-state index in [0.717, 1.165) is 11.8 Å². The quantitative estimate of drug-likeness (QED) is 0.671.